The van der Waals surface area contributed by atoms with Crippen LogP contribution in [0, 0.1) is 5.92 Å². The molecule has 5 heteroatoms. The predicted molar refractivity (Wildman–Crippen MR) is 74.9 cm³/mol. The molecule has 100 valence electrons. The van der Waals surface area contributed by atoms with Crippen LogP contribution in [0.25, 0.3) is 0 Å². The lowest BCUT2D eigenvalue weighted by Gasteiger charge is -2.14. The molecule has 1 rings (SSSR count). The molecule has 1 amide bonds. The van der Waals surface area contributed by atoms with E-state index in [9.17, 15) is 4.79 Å². The molecule has 0 aromatic carbocycles. The maximum absolute atomic E-state index is 11.8. The van der Waals surface area contributed by atoms with Gasteiger partial charge in [-0.3, -0.25) is 4.79 Å². The molecule has 0 bridgehead atoms. The second-order valence-corrected chi connectivity index (χ2v) is 4.50. The summed E-state index contributed by atoms with van der Waals surface area (Å²) in [6.45, 7) is 5.48. The minimum absolute atomic E-state index is 0.00959. The molecule has 0 saturated heterocycles. The summed E-state index contributed by atoms with van der Waals surface area (Å²) >= 11 is 0. The van der Waals surface area contributed by atoms with E-state index < -0.39 is 0 Å². The quantitative estimate of drug-likeness (QED) is 0.800. The third-order valence-corrected chi connectivity index (χ3v) is 2.62. The fraction of sp³-hybridized carbons (Fsp3) is 0.538. The molecule has 2 N–H and O–H groups in total. The molecule has 0 radical (unpaired) electrons. The highest BCUT2D eigenvalue weighted by Gasteiger charge is 2.12. The lowest BCUT2D eigenvalue weighted by Crippen LogP contribution is -2.30. The summed E-state index contributed by atoms with van der Waals surface area (Å²) in [7, 11) is 3.86. The minimum Gasteiger partial charge on any atom is -0.363 e. The maximum Gasteiger partial charge on any atom is 0.228 e. The molecule has 5 nitrogen and oxygen atoms in total. The van der Waals surface area contributed by atoms with Crippen molar-refractivity contribution in [1.82, 2.24) is 10.3 Å². The molecule has 1 atom stereocenters. The number of amides is 1. The van der Waals surface area contributed by atoms with E-state index in [-0.39, 0.29) is 11.8 Å². The number of nitrogens with zero attached hydrogens (tertiary/aromatic N) is 2. The first-order valence-electron chi connectivity index (χ1n) is 6.19. The fourth-order valence-electron chi connectivity index (χ4n) is 1.44. The number of aromatic nitrogens is 1. The molecule has 1 aromatic rings. The monoisotopic (exact) mass is 250 g/mol. The first kappa shape index (κ1) is 14.4. The molecular weight excluding hydrogens is 228 g/mol. The molecule has 1 heterocycles. The van der Waals surface area contributed by atoms with Crippen molar-refractivity contribution >= 4 is 17.4 Å². The molecule has 0 aliphatic heterocycles. The van der Waals surface area contributed by atoms with Crippen molar-refractivity contribution in [2.24, 2.45) is 5.92 Å². The normalized spacial score (nSPS) is 12.0. The molecule has 0 fully saturated rings. The lowest BCUT2D eigenvalue weighted by molar-refractivity contribution is -0.119. The summed E-state index contributed by atoms with van der Waals surface area (Å²) in [6, 6.07) is 3.74. The van der Waals surface area contributed by atoms with Gasteiger partial charge in [-0.1, -0.05) is 13.8 Å². The topological polar surface area (TPSA) is 57.3 Å². The number of carbonyl (C=O) groups excluding carboxylic acids is 1. The zero-order valence-electron chi connectivity index (χ0n) is 11.5. The van der Waals surface area contributed by atoms with Gasteiger partial charge in [-0.05, 0) is 18.7 Å². The van der Waals surface area contributed by atoms with Crippen molar-refractivity contribution in [3.05, 3.63) is 18.3 Å². The van der Waals surface area contributed by atoms with Crippen molar-refractivity contribution in [3.63, 3.8) is 0 Å². The van der Waals surface area contributed by atoms with Gasteiger partial charge < -0.3 is 15.5 Å². The zero-order chi connectivity index (χ0) is 13.5. The van der Waals surface area contributed by atoms with Crippen LogP contribution < -0.4 is 15.5 Å². The number of rotatable bonds is 6. The van der Waals surface area contributed by atoms with E-state index in [1.165, 1.54) is 0 Å². The number of carbonyl (C=O) groups is 1. The van der Waals surface area contributed by atoms with Crippen LogP contribution in [0.2, 0.25) is 0 Å². The van der Waals surface area contributed by atoms with Crippen LogP contribution in [0.5, 0.6) is 0 Å². The second-order valence-electron chi connectivity index (χ2n) is 4.50. The van der Waals surface area contributed by atoms with Gasteiger partial charge in [0.1, 0.15) is 5.82 Å². The van der Waals surface area contributed by atoms with E-state index in [4.69, 9.17) is 0 Å². The minimum atomic E-state index is -0.0570. The second kappa shape index (κ2) is 6.96. The van der Waals surface area contributed by atoms with Crippen LogP contribution in [0.1, 0.15) is 13.8 Å². The van der Waals surface area contributed by atoms with Crippen molar-refractivity contribution < 1.29 is 4.79 Å². The Morgan fingerprint density at radius 3 is 2.67 bits per heavy atom. The Balaban J connectivity index is 2.53. The Morgan fingerprint density at radius 1 is 1.44 bits per heavy atom. The largest absolute Gasteiger partial charge is 0.363 e. The Hall–Kier alpha value is -1.62. The Morgan fingerprint density at radius 2 is 2.17 bits per heavy atom. The van der Waals surface area contributed by atoms with Gasteiger partial charge in [0.05, 0.1) is 11.9 Å². The average Bonchev–Trinajstić information content (AvgIpc) is 2.36. The SMILES string of the molecule is CCNCC(C)C(=O)Nc1ccc(N(C)C)nc1. The van der Waals surface area contributed by atoms with Gasteiger partial charge in [0.25, 0.3) is 0 Å². The maximum atomic E-state index is 11.8. The van der Waals surface area contributed by atoms with Crippen LogP contribution in [0.4, 0.5) is 11.5 Å². The first-order valence-corrected chi connectivity index (χ1v) is 6.19. The fourth-order valence-corrected chi connectivity index (χ4v) is 1.44. The third-order valence-electron chi connectivity index (χ3n) is 2.62. The summed E-state index contributed by atoms with van der Waals surface area (Å²) in [5.41, 5.74) is 0.731. The number of hydrogen-bond acceptors (Lipinski definition) is 4. The van der Waals surface area contributed by atoms with Gasteiger partial charge in [-0.25, -0.2) is 4.98 Å². The average molecular weight is 250 g/mol. The summed E-state index contributed by atoms with van der Waals surface area (Å²) < 4.78 is 0. The molecule has 0 spiro atoms. The van der Waals surface area contributed by atoms with Crippen LogP contribution in [-0.4, -0.2) is 38.1 Å². The predicted octanol–water partition coefficient (Wildman–Crippen LogP) is 1.33. The van der Waals surface area contributed by atoms with Gasteiger partial charge in [-0.2, -0.15) is 0 Å². The zero-order valence-corrected chi connectivity index (χ0v) is 11.5. The molecule has 0 aliphatic rings. The van der Waals surface area contributed by atoms with E-state index in [2.05, 4.69) is 15.6 Å². The Kier molecular flexibility index (Phi) is 5.58. The highest BCUT2D eigenvalue weighted by atomic mass is 16.1. The van der Waals surface area contributed by atoms with E-state index in [0.29, 0.717) is 6.54 Å². The highest BCUT2D eigenvalue weighted by molar-refractivity contribution is 5.92. The molecular formula is C13H22N4O. The van der Waals surface area contributed by atoms with E-state index in [0.717, 1.165) is 18.1 Å². The van der Waals surface area contributed by atoms with Gasteiger partial charge in [0.2, 0.25) is 5.91 Å². The summed E-state index contributed by atoms with van der Waals surface area (Å²) in [5, 5.41) is 6.01. The van der Waals surface area contributed by atoms with Gasteiger partial charge in [0, 0.05) is 26.6 Å². The van der Waals surface area contributed by atoms with E-state index in [1.807, 2.05) is 45.0 Å². The smallest absolute Gasteiger partial charge is 0.228 e. The standard InChI is InChI=1S/C13H22N4O/c1-5-14-8-10(2)13(18)16-11-6-7-12(15-9-11)17(3)4/h6-7,9-10,14H,5,8H2,1-4H3,(H,16,18). The lowest BCUT2D eigenvalue weighted by atomic mass is 10.1. The van der Waals surface area contributed by atoms with Gasteiger partial charge >= 0.3 is 0 Å². The number of nitrogens with one attached hydrogen (secondary N) is 2. The first-order chi connectivity index (χ1) is 8.54. The van der Waals surface area contributed by atoms with Crippen LogP contribution in [0.15, 0.2) is 18.3 Å². The third kappa shape index (κ3) is 4.33. The highest BCUT2D eigenvalue weighted by Crippen LogP contribution is 2.12. The number of pyridine rings is 1. The van der Waals surface area contributed by atoms with E-state index >= 15 is 0 Å². The Bertz CT molecular complexity index is 375. The van der Waals surface area contributed by atoms with E-state index in [1.54, 1.807) is 6.20 Å². The van der Waals surface area contributed by atoms with Gasteiger partial charge in [-0.15, -0.1) is 0 Å². The molecule has 0 saturated carbocycles. The van der Waals surface area contributed by atoms with Crippen molar-refractivity contribution in [2.45, 2.75) is 13.8 Å². The van der Waals surface area contributed by atoms with Crippen LogP contribution >= 0.6 is 0 Å². The van der Waals surface area contributed by atoms with Crippen molar-refractivity contribution in [2.75, 3.05) is 37.4 Å². The van der Waals surface area contributed by atoms with Crippen molar-refractivity contribution in [1.29, 1.82) is 0 Å². The molecule has 18 heavy (non-hydrogen) atoms. The summed E-state index contributed by atoms with van der Waals surface area (Å²) in [6.07, 6.45) is 1.67. The number of anilines is 2. The van der Waals surface area contributed by atoms with Crippen LogP contribution in [0.3, 0.4) is 0 Å². The van der Waals surface area contributed by atoms with Crippen molar-refractivity contribution in [3.8, 4) is 0 Å². The molecule has 1 unspecified atom stereocenters. The van der Waals surface area contributed by atoms with Gasteiger partial charge in [0.15, 0.2) is 0 Å². The number of hydrogen-bond donors (Lipinski definition) is 2. The molecule has 0 aliphatic carbocycles. The van der Waals surface area contributed by atoms with Crippen LogP contribution in [-0.2, 0) is 4.79 Å². The Labute approximate surface area is 109 Å². The summed E-state index contributed by atoms with van der Waals surface area (Å²) in [5.74, 6) is 0.822. The molecule has 1 aromatic heterocycles. The summed E-state index contributed by atoms with van der Waals surface area (Å²) in [4.78, 5) is 18.0.